The van der Waals surface area contributed by atoms with E-state index in [9.17, 15) is 9.90 Å². The fraction of sp³-hybridized carbons (Fsp3) is 0.381. The van der Waals surface area contributed by atoms with Gasteiger partial charge in [0.1, 0.15) is 12.4 Å². The molecule has 0 saturated heterocycles. The van der Waals surface area contributed by atoms with Crippen molar-refractivity contribution in [2.75, 3.05) is 26.9 Å². The SMILES string of the molecule is CCOCCOc1ccccc1C(=O)N(C)C(C)C(O)c1ccccc1. The maximum Gasteiger partial charge on any atom is 0.257 e. The number of para-hydroxylation sites is 1. The van der Waals surface area contributed by atoms with Gasteiger partial charge in [-0.2, -0.15) is 0 Å². The summed E-state index contributed by atoms with van der Waals surface area (Å²) in [5.74, 6) is 0.324. The Bertz CT molecular complexity index is 689. The summed E-state index contributed by atoms with van der Waals surface area (Å²) < 4.78 is 11.0. The van der Waals surface area contributed by atoms with Crippen LogP contribution in [0.4, 0.5) is 0 Å². The van der Waals surface area contributed by atoms with E-state index >= 15 is 0 Å². The summed E-state index contributed by atoms with van der Waals surface area (Å²) in [6.07, 6.45) is -0.767. The third-order valence-corrected chi connectivity index (χ3v) is 4.34. The second-order valence-corrected chi connectivity index (χ2v) is 6.05. The number of aliphatic hydroxyl groups is 1. The second kappa shape index (κ2) is 9.94. The molecule has 0 bridgehead atoms. The van der Waals surface area contributed by atoms with E-state index in [0.717, 1.165) is 5.56 Å². The largest absolute Gasteiger partial charge is 0.490 e. The molecule has 2 aromatic rings. The minimum atomic E-state index is -0.767. The van der Waals surface area contributed by atoms with E-state index in [1.54, 1.807) is 30.1 Å². The number of amides is 1. The first-order chi connectivity index (χ1) is 12.6. The summed E-state index contributed by atoms with van der Waals surface area (Å²) in [6, 6.07) is 16.1. The van der Waals surface area contributed by atoms with E-state index in [1.807, 2.05) is 50.2 Å². The normalized spacial score (nSPS) is 13.1. The first-order valence-electron chi connectivity index (χ1n) is 8.86. The van der Waals surface area contributed by atoms with Crippen molar-refractivity contribution in [1.29, 1.82) is 0 Å². The average molecular weight is 357 g/mol. The number of nitrogens with zero attached hydrogens (tertiary/aromatic N) is 1. The van der Waals surface area contributed by atoms with Crippen molar-refractivity contribution in [2.45, 2.75) is 26.0 Å². The van der Waals surface area contributed by atoms with Gasteiger partial charge >= 0.3 is 0 Å². The van der Waals surface area contributed by atoms with Crippen LogP contribution in [0.15, 0.2) is 54.6 Å². The smallest absolute Gasteiger partial charge is 0.257 e. The topological polar surface area (TPSA) is 59.0 Å². The predicted octanol–water partition coefficient (Wildman–Crippen LogP) is 3.30. The number of carbonyl (C=O) groups excluding carboxylic acids is 1. The minimum absolute atomic E-state index is 0.195. The van der Waals surface area contributed by atoms with Gasteiger partial charge in [0.2, 0.25) is 0 Å². The van der Waals surface area contributed by atoms with Crippen molar-refractivity contribution in [3.05, 3.63) is 65.7 Å². The summed E-state index contributed by atoms with van der Waals surface area (Å²) in [5.41, 5.74) is 1.25. The molecule has 2 unspecified atom stereocenters. The Balaban J connectivity index is 2.10. The van der Waals surface area contributed by atoms with Crippen molar-refractivity contribution in [1.82, 2.24) is 4.90 Å². The van der Waals surface area contributed by atoms with Gasteiger partial charge in [0.05, 0.1) is 24.3 Å². The number of aliphatic hydroxyl groups excluding tert-OH is 1. The summed E-state index contributed by atoms with van der Waals surface area (Å²) in [5, 5.41) is 10.6. The van der Waals surface area contributed by atoms with Crippen molar-refractivity contribution in [3.63, 3.8) is 0 Å². The Morgan fingerprint density at radius 2 is 1.73 bits per heavy atom. The van der Waals surface area contributed by atoms with Gasteiger partial charge in [0.25, 0.3) is 5.91 Å². The molecule has 0 fully saturated rings. The third kappa shape index (κ3) is 5.07. The van der Waals surface area contributed by atoms with Crippen molar-refractivity contribution in [2.24, 2.45) is 0 Å². The molecule has 0 saturated carbocycles. The quantitative estimate of drug-likeness (QED) is 0.700. The lowest BCUT2D eigenvalue weighted by Crippen LogP contribution is -2.39. The van der Waals surface area contributed by atoms with E-state index in [-0.39, 0.29) is 11.9 Å². The molecule has 0 aromatic heterocycles. The highest BCUT2D eigenvalue weighted by Crippen LogP contribution is 2.24. The molecular formula is C21H27NO4. The highest BCUT2D eigenvalue weighted by Gasteiger charge is 2.26. The van der Waals surface area contributed by atoms with Gasteiger partial charge in [-0.25, -0.2) is 0 Å². The highest BCUT2D eigenvalue weighted by atomic mass is 16.5. The Hall–Kier alpha value is -2.37. The fourth-order valence-electron chi connectivity index (χ4n) is 2.64. The van der Waals surface area contributed by atoms with Gasteiger partial charge in [-0.05, 0) is 31.5 Å². The summed E-state index contributed by atoms with van der Waals surface area (Å²) in [7, 11) is 1.69. The number of hydrogen-bond acceptors (Lipinski definition) is 4. The van der Waals surface area contributed by atoms with Crippen molar-refractivity contribution < 1.29 is 19.4 Å². The van der Waals surface area contributed by atoms with Crippen molar-refractivity contribution >= 4 is 5.91 Å². The lowest BCUT2D eigenvalue weighted by Gasteiger charge is -2.29. The van der Waals surface area contributed by atoms with Crippen LogP contribution < -0.4 is 4.74 Å². The Labute approximate surface area is 155 Å². The Morgan fingerprint density at radius 1 is 1.08 bits per heavy atom. The molecule has 0 aliphatic heterocycles. The monoisotopic (exact) mass is 357 g/mol. The zero-order valence-corrected chi connectivity index (χ0v) is 15.6. The maximum atomic E-state index is 12.9. The molecular weight excluding hydrogens is 330 g/mol. The lowest BCUT2D eigenvalue weighted by molar-refractivity contribution is 0.0481. The number of hydrogen-bond donors (Lipinski definition) is 1. The molecule has 2 aromatic carbocycles. The maximum absolute atomic E-state index is 12.9. The second-order valence-electron chi connectivity index (χ2n) is 6.05. The predicted molar refractivity (Wildman–Crippen MR) is 101 cm³/mol. The summed E-state index contributed by atoms with van der Waals surface area (Å²) in [6.45, 7) is 5.23. The molecule has 140 valence electrons. The summed E-state index contributed by atoms with van der Waals surface area (Å²) in [4.78, 5) is 14.5. The number of ether oxygens (including phenoxy) is 2. The van der Waals surface area contributed by atoms with Crippen molar-refractivity contribution in [3.8, 4) is 5.75 Å². The van der Waals surface area contributed by atoms with E-state index in [0.29, 0.717) is 31.1 Å². The molecule has 0 radical (unpaired) electrons. The van der Waals surface area contributed by atoms with Gasteiger partial charge in [-0.15, -0.1) is 0 Å². The number of rotatable bonds is 9. The fourth-order valence-corrected chi connectivity index (χ4v) is 2.64. The van der Waals surface area contributed by atoms with Crippen LogP contribution in [0.3, 0.4) is 0 Å². The molecule has 5 heteroatoms. The van der Waals surface area contributed by atoms with Crippen LogP contribution in [-0.4, -0.2) is 48.8 Å². The molecule has 0 spiro atoms. The molecule has 26 heavy (non-hydrogen) atoms. The van der Waals surface area contributed by atoms with Crippen LogP contribution in [0.1, 0.15) is 35.9 Å². The number of likely N-dealkylation sites (N-methyl/N-ethyl adjacent to an activating group) is 1. The Kier molecular flexibility index (Phi) is 7.63. The standard InChI is InChI=1S/C21H27NO4/c1-4-25-14-15-26-19-13-9-8-12-18(19)21(24)22(3)16(2)20(23)17-10-6-5-7-11-17/h5-13,16,20,23H,4,14-15H2,1-3H3. The van der Waals surface area contributed by atoms with E-state index in [2.05, 4.69) is 0 Å². The third-order valence-electron chi connectivity index (χ3n) is 4.34. The first-order valence-corrected chi connectivity index (χ1v) is 8.86. The zero-order valence-electron chi connectivity index (χ0n) is 15.6. The highest BCUT2D eigenvalue weighted by molar-refractivity contribution is 5.97. The lowest BCUT2D eigenvalue weighted by atomic mass is 10.0. The number of carbonyl (C=O) groups is 1. The average Bonchev–Trinajstić information content (AvgIpc) is 2.70. The minimum Gasteiger partial charge on any atom is -0.490 e. The van der Waals surface area contributed by atoms with Gasteiger partial charge in [0, 0.05) is 13.7 Å². The van der Waals surface area contributed by atoms with E-state index in [1.165, 1.54) is 0 Å². The molecule has 1 N–H and O–H groups in total. The van der Waals surface area contributed by atoms with Gasteiger partial charge in [-0.3, -0.25) is 4.79 Å². The zero-order chi connectivity index (χ0) is 18.9. The molecule has 0 aliphatic carbocycles. The van der Waals surface area contributed by atoms with Crippen LogP contribution in [0, 0.1) is 0 Å². The molecule has 0 aliphatic rings. The molecule has 2 rings (SSSR count). The molecule has 0 heterocycles. The molecule has 2 atom stereocenters. The van der Waals surface area contributed by atoms with Crippen LogP contribution in [0.2, 0.25) is 0 Å². The van der Waals surface area contributed by atoms with Gasteiger partial charge < -0.3 is 19.5 Å². The summed E-state index contributed by atoms with van der Waals surface area (Å²) >= 11 is 0. The van der Waals surface area contributed by atoms with Crippen LogP contribution >= 0.6 is 0 Å². The Morgan fingerprint density at radius 3 is 2.42 bits per heavy atom. The van der Waals surface area contributed by atoms with Crippen LogP contribution in [-0.2, 0) is 4.74 Å². The number of benzene rings is 2. The van der Waals surface area contributed by atoms with E-state index in [4.69, 9.17) is 9.47 Å². The van der Waals surface area contributed by atoms with E-state index < -0.39 is 6.10 Å². The van der Waals surface area contributed by atoms with Gasteiger partial charge in [-0.1, -0.05) is 42.5 Å². The molecule has 1 amide bonds. The van der Waals surface area contributed by atoms with Gasteiger partial charge in [0.15, 0.2) is 0 Å². The first kappa shape index (κ1) is 19.9. The van der Waals surface area contributed by atoms with Crippen LogP contribution in [0.5, 0.6) is 5.75 Å². The van der Waals surface area contributed by atoms with Crippen LogP contribution in [0.25, 0.3) is 0 Å². The molecule has 5 nitrogen and oxygen atoms in total.